The lowest BCUT2D eigenvalue weighted by Crippen LogP contribution is -2.31. The van der Waals surface area contributed by atoms with E-state index in [-0.39, 0.29) is 23.2 Å². The Bertz CT molecular complexity index is 1240. The van der Waals surface area contributed by atoms with Crippen LogP contribution < -0.4 is 16.0 Å². The fourth-order valence-corrected chi connectivity index (χ4v) is 4.33. The summed E-state index contributed by atoms with van der Waals surface area (Å²) in [5.74, 6) is 0.834. The second-order valence-corrected chi connectivity index (χ2v) is 8.18. The minimum Gasteiger partial charge on any atom is -0.497 e. The molecule has 0 saturated heterocycles. The van der Waals surface area contributed by atoms with Gasteiger partial charge in [-0.05, 0) is 49.4 Å². The Hall–Kier alpha value is -3.50. The second kappa shape index (κ2) is 8.93. The van der Waals surface area contributed by atoms with Crippen molar-refractivity contribution in [2.75, 3.05) is 7.11 Å². The SMILES string of the molecule is [C-]#[N+]c1ccc(-c2nc(C3CCC(N)CC3)n(C)c(=O)c2-c2ccc(OC)cc2)cc1F. The molecule has 2 aromatic carbocycles. The summed E-state index contributed by atoms with van der Waals surface area (Å²) in [6.45, 7) is 7.12. The lowest BCUT2D eigenvalue weighted by molar-refractivity contribution is 0.376. The molecule has 1 heterocycles. The molecule has 32 heavy (non-hydrogen) atoms. The fourth-order valence-electron chi connectivity index (χ4n) is 4.33. The third-order valence-corrected chi connectivity index (χ3v) is 6.18. The predicted molar refractivity (Wildman–Crippen MR) is 122 cm³/mol. The van der Waals surface area contributed by atoms with E-state index in [0.717, 1.165) is 25.7 Å². The monoisotopic (exact) mass is 432 g/mol. The molecule has 0 radical (unpaired) electrons. The smallest absolute Gasteiger partial charge is 0.261 e. The van der Waals surface area contributed by atoms with Crippen LogP contribution in [0.5, 0.6) is 5.75 Å². The largest absolute Gasteiger partial charge is 0.497 e. The maximum atomic E-state index is 14.5. The van der Waals surface area contributed by atoms with E-state index in [0.29, 0.717) is 34.0 Å². The van der Waals surface area contributed by atoms with Gasteiger partial charge < -0.3 is 10.5 Å². The van der Waals surface area contributed by atoms with Crippen molar-refractivity contribution in [3.05, 3.63) is 75.9 Å². The normalized spacial score (nSPS) is 18.2. The third-order valence-electron chi connectivity index (χ3n) is 6.18. The molecule has 6 nitrogen and oxygen atoms in total. The highest BCUT2D eigenvalue weighted by molar-refractivity contribution is 5.81. The first-order valence-electron chi connectivity index (χ1n) is 10.6. The molecule has 0 bridgehead atoms. The predicted octanol–water partition coefficient (Wildman–Crippen LogP) is 4.80. The van der Waals surface area contributed by atoms with Gasteiger partial charge in [0.05, 0.1) is 24.9 Å². The van der Waals surface area contributed by atoms with Crippen molar-refractivity contribution in [3.63, 3.8) is 0 Å². The summed E-state index contributed by atoms with van der Waals surface area (Å²) in [4.78, 5) is 21.7. The highest BCUT2D eigenvalue weighted by Crippen LogP contribution is 2.35. The van der Waals surface area contributed by atoms with Gasteiger partial charge >= 0.3 is 0 Å². The first-order valence-corrected chi connectivity index (χ1v) is 10.6. The van der Waals surface area contributed by atoms with E-state index >= 15 is 0 Å². The van der Waals surface area contributed by atoms with Crippen molar-refractivity contribution in [1.82, 2.24) is 9.55 Å². The Morgan fingerprint density at radius 1 is 1.12 bits per heavy atom. The molecule has 0 unspecified atom stereocenters. The zero-order valence-electron chi connectivity index (χ0n) is 18.1. The van der Waals surface area contributed by atoms with Gasteiger partial charge in [0.15, 0.2) is 0 Å². The van der Waals surface area contributed by atoms with Gasteiger partial charge in [0.1, 0.15) is 17.4 Å². The number of nitrogens with two attached hydrogens (primary N) is 1. The zero-order valence-corrected chi connectivity index (χ0v) is 18.1. The molecule has 2 N–H and O–H groups in total. The van der Waals surface area contributed by atoms with E-state index in [1.54, 1.807) is 49.1 Å². The third kappa shape index (κ3) is 4.02. The molecule has 0 spiro atoms. The van der Waals surface area contributed by atoms with E-state index in [2.05, 4.69) is 4.85 Å². The number of ether oxygens (including phenoxy) is 1. The van der Waals surface area contributed by atoms with Crippen LogP contribution in [-0.4, -0.2) is 22.7 Å². The second-order valence-electron chi connectivity index (χ2n) is 8.18. The molecule has 4 rings (SSSR count). The fraction of sp³-hybridized carbons (Fsp3) is 0.320. The molecule has 1 fully saturated rings. The van der Waals surface area contributed by atoms with Gasteiger partial charge in [-0.15, -0.1) is 0 Å². The molecule has 0 atom stereocenters. The van der Waals surface area contributed by atoms with Gasteiger partial charge in [-0.2, -0.15) is 0 Å². The lowest BCUT2D eigenvalue weighted by atomic mass is 9.85. The van der Waals surface area contributed by atoms with Gasteiger partial charge in [0.25, 0.3) is 5.56 Å². The molecular formula is C25H25FN4O2. The van der Waals surface area contributed by atoms with E-state index < -0.39 is 5.82 Å². The number of benzene rings is 2. The van der Waals surface area contributed by atoms with Crippen LogP contribution in [0.2, 0.25) is 0 Å². The molecule has 3 aromatic rings. The first kappa shape index (κ1) is 21.7. The van der Waals surface area contributed by atoms with Gasteiger partial charge in [0, 0.05) is 24.6 Å². The van der Waals surface area contributed by atoms with Crippen LogP contribution >= 0.6 is 0 Å². The van der Waals surface area contributed by atoms with Gasteiger partial charge in [-0.3, -0.25) is 9.36 Å². The first-order chi connectivity index (χ1) is 15.4. The minimum absolute atomic E-state index is 0.0647. The van der Waals surface area contributed by atoms with Crippen LogP contribution in [0, 0.1) is 12.4 Å². The number of aromatic nitrogens is 2. The average molecular weight is 432 g/mol. The van der Waals surface area contributed by atoms with Crippen molar-refractivity contribution in [2.45, 2.75) is 37.6 Å². The topological polar surface area (TPSA) is 74.5 Å². The number of nitrogens with zero attached hydrogens (tertiary/aromatic N) is 3. The molecule has 1 aliphatic rings. The molecule has 7 heteroatoms. The van der Waals surface area contributed by atoms with Crippen molar-refractivity contribution in [2.24, 2.45) is 12.8 Å². The molecule has 1 aliphatic carbocycles. The average Bonchev–Trinajstić information content (AvgIpc) is 2.81. The molecule has 0 aliphatic heterocycles. The van der Waals surface area contributed by atoms with Crippen molar-refractivity contribution in [1.29, 1.82) is 0 Å². The quantitative estimate of drug-likeness (QED) is 0.601. The number of hydrogen-bond acceptors (Lipinski definition) is 4. The molecule has 164 valence electrons. The Morgan fingerprint density at radius 2 is 1.78 bits per heavy atom. The highest BCUT2D eigenvalue weighted by atomic mass is 19.1. The summed E-state index contributed by atoms with van der Waals surface area (Å²) in [6, 6.07) is 11.7. The number of hydrogen-bond donors (Lipinski definition) is 1. The van der Waals surface area contributed by atoms with Crippen molar-refractivity contribution < 1.29 is 9.13 Å². The summed E-state index contributed by atoms with van der Waals surface area (Å²) >= 11 is 0. The summed E-state index contributed by atoms with van der Waals surface area (Å²) in [7, 11) is 3.31. The number of methoxy groups -OCH3 is 1. The zero-order chi connectivity index (χ0) is 22.8. The summed E-state index contributed by atoms with van der Waals surface area (Å²) < 4.78 is 21.3. The van der Waals surface area contributed by atoms with Gasteiger partial charge in [-0.25, -0.2) is 14.2 Å². The van der Waals surface area contributed by atoms with Crippen LogP contribution in [0.15, 0.2) is 47.3 Å². The van der Waals surface area contributed by atoms with E-state index in [1.807, 2.05) is 0 Å². The van der Waals surface area contributed by atoms with Gasteiger partial charge in [0.2, 0.25) is 5.69 Å². The number of rotatable bonds is 4. The van der Waals surface area contributed by atoms with Crippen molar-refractivity contribution >= 4 is 5.69 Å². The Kier molecular flexibility index (Phi) is 6.06. The van der Waals surface area contributed by atoms with Crippen LogP contribution in [0.4, 0.5) is 10.1 Å². The number of halogens is 1. The Labute approximate surface area is 186 Å². The lowest BCUT2D eigenvalue weighted by Gasteiger charge is -2.27. The summed E-state index contributed by atoms with van der Waals surface area (Å²) in [6.07, 6.45) is 3.47. The maximum absolute atomic E-state index is 14.5. The van der Waals surface area contributed by atoms with Crippen LogP contribution in [0.25, 0.3) is 27.2 Å². The minimum atomic E-state index is -0.633. The Balaban J connectivity index is 1.93. The molecular weight excluding hydrogens is 407 g/mol. The standard InChI is InChI=1S/C25H25FN4O2/c1-28-21-13-8-17(14-20(21)26)23-22(15-6-11-19(32-3)12-7-15)25(31)30(2)24(29-23)16-4-9-18(27)10-5-16/h6-8,11-14,16,18H,4-5,9-10,27H2,2-3H3. The van der Waals surface area contributed by atoms with E-state index in [4.69, 9.17) is 22.0 Å². The van der Waals surface area contributed by atoms with E-state index in [9.17, 15) is 9.18 Å². The molecule has 0 amide bonds. The van der Waals surface area contributed by atoms with Crippen LogP contribution in [-0.2, 0) is 7.05 Å². The summed E-state index contributed by atoms with van der Waals surface area (Å²) in [5.41, 5.74) is 7.75. The van der Waals surface area contributed by atoms with Crippen LogP contribution in [0.1, 0.15) is 37.4 Å². The Morgan fingerprint density at radius 3 is 2.38 bits per heavy atom. The summed E-state index contributed by atoms with van der Waals surface area (Å²) in [5, 5.41) is 0. The maximum Gasteiger partial charge on any atom is 0.261 e. The highest BCUT2D eigenvalue weighted by Gasteiger charge is 2.26. The molecule has 1 aromatic heterocycles. The van der Waals surface area contributed by atoms with E-state index in [1.165, 1.54) is 12.1 Å². The van der Waals surface area contributed by atoms with Crippen LogP contribution in [0.3, 0.4) is 0 Å². The van der Waals surface area contributed by atoms with Crippen molar-refractivity contribution in [3.8, 4) is 28.1 Å². The molecule has 1 saturated carbocycles. The van der Waals surface area contributed by atoms with Gasteiger partial charge in [-0.1, -0.05) is 24.3 Å².